The van der Waals surface area contributed by atoms with Gasteiger partial charge in [0.25, 0.3) is 0 Å². The van der Waals surface area contributed by atoms with Gasteiger partial charge in [-0.25, -0.2) is 13.4 Å². The van der Waals surface area contributed by atoms with Crippen LogP contribution in [0.3, 0.4) is 0 Å². The number of imidazole rings is 1. The summed E-state index contributed by atoms with van der Waals surface area (Å²) in [5, 5.41) is 0. The summed E-state index contributed by atoms with van der Waals surface area (Å²) < 4.78 is 38.5. The van der Waals surface area contributed by atoms with Crippen LogP contribution in [-0.4, -0.2) is 43.4 Å². The molecule has 0 fully saturated rings. The summed E-state index contributed by atoms with van der Waals surface area (Å²) in [5.41, 5.74) is 9.26. The maximum absolute atomic E-state index is 12.1. The molecule has 0 aliphatic carbocycles. The van der Waals surface area contributed by atoms with E-state index >= 15 is 0 Å². The van der Waals surface area contributed by atoms with Gasteiger partial charge in [0.15, 0.2) is 15.7 Å². The second kappa shape index (κ2) is 11.1. The fourth-order valence-corrected chi connectivity index (χ4v) is 5.45. The number of hydrogen-bond donors (Lipinski definition) is 1. The number of pyridine rings is 1. The highest BCUT2D eigenvalue weighted by molar-refractivity contribution is 7.91. The van der Waals surface area contributed by atoms with Gasteiger partial charge in [-0.2, -0.15) is 0 Å². The van der Waals surface area contributed by atoms with E-state index in [-0.39, 0.29) is 17.2 Å². The lowest BCUT2D eigenvalue weighted by Crippen LogP contribution is -2.22. The van der Waals surface area contributed by atoms with Gasteiger partial charge in [0, 0.05) is 39.1 Å². The average molecular weight is 539 g/mol. The van der Waals surface area contributed by atoms with E-state index in [0.717, 1.165) is 28.3 Å². The summed E-state index contributed by atoms with van der Waals surface area (Å²) in [6.45, 7) is 9.90. The number of ether oxygens (including phenoxy) is 2. The lowest BCUT2D eigenvalue weighted by molar-refractivity contribution is 0.0909. The number of benzene rings is 2. The summed E-state index contributed by atoms with van der Waals surface area (Å²) in [6, 6.07) is 17.0. The molecule has 0 atom stereocenters. The number of nitrogens with zero attached hydrogens (tertiary/aromatic N) is 3. The minimum Gasteiger partial charge on any atom is -0.457 e. The van der Waals surface area contributed by atoms with Gasteiger partial charge in [-0.1, -0.05) is 32.6 Å². The topological polar surface area (TPSA) is 109 Å². The van der Waals surface area contributed by atoms with E-state index in [4.69, 9.17) is 20.2 Å². The number of nitrogens with two attached hydrogens (primary N) is 1. The van der Waals surface area contributed by atoms with E-state index in [0.29, 0.717) is 30.7 Å². The highest BCUT2D eigenvalue weighted by Crippen LogP contribution is 2.33. The van der Waals surface area contributed by atoms with Gasteiger partial charge < -0.3 is 15.2 Å². The van der Waals surface area contributed by atoms with Crippen LogP contribution < -0.4 is 10.5 Å². The van der Waals surface area contributed by atoms with Gasteiger partial charge in [-0.05, 0) is 48.5 Å². The van der Waals surface area contributed by atoms with Crippen molar-refractivity contribution in [1.29, 1.82) is 0 Å². The van der Waals surface area contributed by atoms with Crippen LogP contribution >= 0.6 is 0 Å². The Kier molecular flexibility index (Phi) is 8.13. The van der Waals surface area contributed by atoms with Crippen LogP contribution in [0.4, 0.5) is 0 Å². The molecule has 2 aromatic carbocycles. The molecule has 2 aromatic heterocycles. The van der Waals surface area contributed by atoms with Crippen LogP contribution in [0.2, 0.25) is 25.7 Å². The second-order valence-electron chi connectivity index (χ2n) is 10.1. The summed E-state index contributed by atoms with van der Waals surface area (Å²) in [4.78, 5) is 9.65. The van der Waals surface area contributed by atoms with Crippen LogP contribution in [0, 0.1) is 0 Å². The smallest absolute Gasteiger partial charge is 0.178 e. The van der Waals surface area contributed by atoms with Gasteiger partial charge >= 0.3 is 0 Å². The number of fused-ring (bicyclic) bond motifs is 1. The third kappa shape index (κ3) is 6.45. The molecule has 196 valence electrons. The minimum atomic E-state index is -3.28. The monoisotopic (exact) mass is 538 g/mol. The zero-order chi connectivity index (χ0) is 26.6. The number of hydrogen-bond acceptors (Lipinski definition) is 7. The molecule has 0 saturated heterocycles. The minimum absolute atomic E-state index is 0.0459. The lowest BCUT2D eigenvalue weighted by Gasteiger charge is -2.16. The molecule has 0 aliphatic heterocycles. The molecule has 2 N–H and O–H groups in total. The third-order valence-corrected chi connectivity index (χ3v) is 9.51. The third-order valence-electron chi connectivity index (χ3n) is 6.05. The molecule has 10 heteroatoms. The first-order chi connectivity index (χ1) is 17.6. The largest absolute Gasteiger partial charge is 0.457 e. The Morgan fingerprint density at radius 1 is 1.05 bits per heavy atom. The van der Waals surface area contributed by atoms with Crippen molar-refractivity contribution in [3.8, 4) is 23.0 Å². The second-order valence-corrected chi connectivity index (χ2v) is 18.0. The highest BCUT2D eigenvalue weighted by atomic mass is 32.2. The van der Waals surface area contributed by atoms with Crippen molar-refractivity contribution in [3.05, 3.63) is 66.4 Å². The zero-order valence-electron chi connectivity index (χ0n) is 21.8. The Balaban J connectivity index is 1.69. The van der Waals surface area contributed by atoms with E-state index < -0.39 is 17.9 Å². The van der Waals surface area contributed by atoms with Crippen LogP contribution in [-0.2, 0) is 27.8 Å². The quantitative estimate of drug-likeness (QED) is 0.200. The van der Waals surface area contributed by atoms with Crippen molar-refractivity contribution < 1.29 is 17.9 Å². The summed E-state index contributed by atoms with van der Waals surface area (Å²) in [7, 11) is -4.49. The fourth-order valence-electron chi connectivity index (χ4n) is 3.81. The first-order valence-corrected chi connectivity index (χ1v) is 17.7. The van der Waals surface area contributed by atoms with Crippen LogP contribution in [0.15, 0.2) is 65.7 Å². The zero-order valence-corrected chi connectivity index (χ0v) is 23.6. The van der Waals surface area contributed by atoms with Crippen LogP contribution in [0.1, 0.15) is 12.5 Å². The molecular weight excluding hydrogens is 504 g/mol. The first kappa shape index (κ1) is 27.0. The van der Waals surface area contributed by atoms with Gasteiger partial charge in [0.1, 0.15) is 23.9 Å². The Morgan fingerprint density at radius 3 is 2.43 bits per heavy atom. The molecule has 0 bridgehead atoms. The van der Waals surface area contributed by atoms with Gasteiger partial charge in [-0.15, -0.1) is 0 Å². The van der Waals surface area contributed by atoms with E-state index in [1.54, 1.807) is 37.4 Å². The van der Waals surface area contributed by atoms with Crippen LogP contribution in [0.25, 0.3) is 22.6 Å². The molecule has 2 heterocycles. The van der Waals surface area contributed by atoms with Crippen molar-refractivity contribution in [1.82, 2.24) is 14.5 Å². The Morgan fingerprint density at radius 2 is 1.81 bits per heavy atom. The van der Waals surface area contributed by atoms with E-state index in [1.165, 1.54) is 0 Å². The Labute approximate surface area is 219 Å². The lowest BCUT2D eigenvalue weighted by atomic mass is 10.1. The SMILES string of the molecule is CCS(=O)(=O)c1ccc(Oc2cc3nc(-c4ccccn4)n(COCC[Si](C)(C)C)c3cc2CN)cc1. The van der Waals surface area contributed by atoms with E-state index in [9.17, 15) is 8.42 Å². The fraction of sp³-hybridized carbons (Fsp3) is 0.333. The normalized spacial score (nSPS) is 12.2. The van der Waals surface area contributed by atoms with Crippen molar-refractivity contribution in [3.63, 3.8) is 0 Å². The predicted molar refractivity (Wildman–Crippen MR) is 149 cm³/mol. The standard InChI is InChI=1S/C27H34N4O4SSi/c1-5-36(32,33)22-11-9-21(10-12-22)35-26-17-24-25(16-20(26)18-28)31(19-34-14-15-37(2,3)4)27(30-24)23-8-6-7-13-29-23/h6-13,16-17H,5,14-15,18-19,28H2,1-4H3. The van der Waals surface area contributed by atoms with Gasteiger partial charge in [0.2, 0.25) is 0 Å². The molecule has 4 aromatic rings. The number of aromatic nitrogens is 3. The van der Waals surface area contributed by atoms with Crippen LogP contribution in [0.5, 0.6) is 11.5 Å². The summed E-state index contributed by atoms with van der Waals surface area (Å²) in [5.74, 6) is 1.84. The molecule has 0 aliphatic rings. The van der Waals surface area contributed by atoms with E-state index in [2.05, 4.69) is 24.6 Å². The number of rotatable bonds is 11. The van der Waals surface area contributed by atoms with Crippen molar-refractivity contribution in [2.24, 2.45) is 5.73 Å². The average Bonchev–Trinajstić information content (AvgIpc) is 3.23. The predicted octanol–water partition coefficient (Wildman–Crippen LogP) is 5.46. The molecule has 0 radical (unpaired) electrons. The molecule has 0 saturated carbocycles. The number of sulfone groups is 1. The highest BCUT2D eigenvalue weighted by Gasteiger charge is 2.19. The first-order valence-electron chi connectivity index (χ1n) is 12.3. The van der Waals surface area contributed by atoms with Crippen molar-refractivity contribution in [2.75, 3.05) is 12.4 Å². The van der Waals surface area contributed by atoms with Crippen molar-refractivity contribution in [2.45, 2.75) is 50.8 Å². The maximum Gasteiger partial charge on any atom is 0.178 e. The Hall–Kier alpha value is -3.05. The molecular formula is C27H34N4O4SSi. The maximum atomic E-state index is 12.1. The molecule has 0 amide bonds. The molecule has 37 heavy (non-hydrogen) atoms. The van der Waals surface area contributed by atoms with Crippen molar-refractivity contribution >= 4 is 28.9 Å². The summed E-state index contributed by atoms with van der Waals surface area (Å²) >= 11 is 0. The molecule has 8 nitrogen and oxygen atoms in total. The molecule has 0 unspecified atom stereocenters. The molecule has 0 spiro atoms. The van der Waals surface area contributed by atoms with E-state index in [1.807, 2.05) is 34.9 Å². The molecule has 4 rings (SSSR count). The van der Waals surface area contributed by atoms with Gasteiger partial charge in [-0.3, -0.25) is 9.55 Å². The van der Waals surface area contributed by atoms with Gasteiger partial charge in [0.05, 0.1) is 21.7 Å². The Bertz CT molecular complexity index is 1460. The summed E-state index contributed by atoms with van der Waals surface area (Å²) in [6.07, 6.45) is 1.74.